The van der Waals surface area contributed by atoms with Gasteiger partial charge in [0.25, 0.3) is 5.91 Å². The lowest BCUT2D eigenvalue weighted by molar-refractivity contribution is -0.118. The molecule has 0 saturated carbocycles. The topological polar surface area (TPSA) is 49.7 Å². The van der Waals surface area contributed by atoms with Crippen LogP contribution in [0, 0.1) is 19.8 Å². The third-order valence-corrected chi connectivity index (χ3v) is 4.19. The van der Waals surface area contributed by atoms with Crippen molar-refractivity contribution in [1.82, 2.24) is 0 Å². The number of aryl methyl sites for hydroxylation is 2. The van der Waals surface area contributed by atoms with Crippen LogP contribution in [0.1, 0.15) is 28.4 Å². The standard InChI is InChI=1S/C19H18N2O2/c1-12-9-10-15(11-13(12)2)18(22)17-14(3)20-21(19(17)23)16-7-5-4-6-8-16/h4-11,17H,1-3H3/t17-/m0/s1. The Morgan fingerprint density at radius 1 is 1.00 bits per heavy atom. The van der Waals surface area contributed by atoms with Crippen LogP contribution < -0.4 is 5.01 Å². The molecule has 4 heteroatoms. The Morgan fingerprint density at radius 2 is 1.70 bits per heavy atom. The summed E-state index contributed by atoms with van der Waals surface area (Å²) in [6, 6.07) is 14.7. The molecule has 0 unspecified atom stereocenters. The smallest absolute Gasteiger partial charge is 0.264 e. The SMILES string of the molecule is CC1=NN(c2ccccc2)C(=O)[C@@H]1C(=O)c1ccc(C)c(C)c1. The van der Waals surface area contributed by atoms with Crippen LogP contribution in [0.2, 0.25) is 0 Å². The van der Waals surface area contributed by atoms with Crippen LogP contribution in [0.4, 0.5) is 5.69 Å². The zero-order valence-corrected chi connectivity index (χ0v) is 13.4. The highest BCUT2D eigenvalue weighted by Gasteiger charge is 2.39. The summed E-state index contributed by atoms with van der Waals surface area (Å²) in [5.74, 6) is -1.33. The normalized spacial score (nSPS) is 17.3. The highest BCUT2D eigenvalue weighted by molar-refractivity contribution is 6.30. The molecule has 23 heavy (non-hydrogen) atoms. The van der Waals surface area contributed by atoms with E-state index in [1.165, 1.54) is 5.01 Å². The molecule has 1 aliphatic heterocycles. The lowest BCUT2D eigenvalue weighted by Crippen LogP contribution is -2.32. The lowest BCUT2D eigenvalue weighted by Gasteiger charge is -2.14. The summed E-state index contributed by atoms with van der Waals surface area (Å²) >= 11 is 0. The molecular formula is C19H18N2O2. The summed E-state index contributed by atoms with van der Waals surface area (Å²) in [5, 5.41) is 5.61. The number of anilines is 1. The van der Waals surface area contributed by atoms with Gasteiger partial charge in [0.1, 0.15) is 5.92 Å². The quantitative estimate of drug-likeness (QED) is 0.643. The third-order valence-electron chi connectivity index (χ3n) is 4.19. The number of para-hydroxylation sites is 1. The van der Waals surface area contributed by atoms with Gasteiger partial charge in [-0.05, 0) is 50.1 Å². The Morgan fingerprint density at radius 3 is 2.35 bits per heavy atom. The van der Waals surface area contributed by atoms with Gasteiger partial charge in [-0.1, -0.05) is 30.3 Å². The van der Waals surface area contributed by atoms with Crippen molar-refractivity contribution in [3.63, 3.8) is 0 Å². The number of ketones is 1. The van der Waals surface area contributed by atoms with E-state index in [1.54, 1.807) is 25.1 Å². The molecule has 4 nitrogen and oxygen atoms in total. The van der Waals surface area contributed by atoms with Crippen molar-refractivity contribution < 1.29 is 9.59 Å². The monoisotopic (exact) mass is 306 g/mol. The van der Waals surface area contributed by atoms with Gasteiger partial charge in [-0.15, -0.1) is 0 Å². The summed E-state index contributed by atoms with van der Waals surface area (Å²) in [6.07, 6.45) is 0. The molecule has 0 saturated heterocycles. The number of nitrogens with zero attached hydrogens (tertiary/aromatic N) is 2. The third kappa shape index (κ3) is 2.68. The van der Waals surface area contributed by atoms with E-state index < -0.39 is 5.92 Å². The van der Waals surface area contributed by atoms with Gasteiger partial charge in [0, 0.05) is 5.56 Å². The second kappa shape index (κ2) is 5.80. The van der Waals surface area contributed by atoms with Crippen molar-refractivity contribution in [3.05, 3.63) is 65.2 Å². The number of hydrazone groups is 1. The van der Waals surface area contributed by atoms with Gasteiger partial charge < -0.3 is 0 Å². The number of Topliss-reactive ketones (excluding diaryl/α,β-unsaturated/α-hetero) is 1. The van der Waals surface area contributed by atoms with Crippen molar-refractivity contribution in [1.29, 1.82) is 0 Å². The van der Waals surface area contributed by atoms with Gasteiger partial charge >= 0.3 is 0 Å². The van der Waals surface area contributed by atoms with Crippen LogP contribution in [0.5, 0.6) is 0 Å². The lowest BCUT2D eigenvalue weighted by atomic mass is 9.92. The fraction of sp³-hybridized carbons (Fsp3) is 0.211. The first-order chi connectivity index (χ1) is 11.0. The van der Waals surface area contributed by atoms with Crippen molar-refractivity contribution in [2.45, 2.75) is 20.8 Å². The molecule has 2 aromatic rings. The van der Waals surface area contributed by atoms with Crippen molar-refractivity contribution in [2.24, 2.45) is 11.0 Å². The summed E-state index contributed by atoms with van der Waals surface area (Å²) in [5.41, 5.74) is 3.91. The average molecular weight is 306 g/mol. The molecule has 0 N–H and O–H groups in total. The molecular weight excluding hydrogens is 288 g/mol. The van der Waals surface area contributed by atoms with Crippen LogP contribution in [-0.2, 0) is 4.79 Å². The van der Waals surface area contributed by atoms with E-state index in [0.717, 1.165) is 11.1 Å². The Labute approximate surface area is 135 Å². The van der Waals surface area contributed by atoms with Crippen LogP contribution in [0.3, 0.4) is 0 Å². The van der Waals surface area contributed by atoms with Gasteiger partial charge in [0.2, 0.25) is 0 Å². The molecule has 1 aliphatic rings. The van der Waals surface area contributed by atoms with Crippen molar-refractivity contribution in [2.75, 3.05) is 5.01 Å². The average Bonchev–Trinajstić information content (AvgIpc) is 2.85. The highest BCUT2D eigenvalue weighted by Crippen LogP contribution is 2.26. The molecule has 1 heterocycles. The zero-order valence-electron chi connectivity index (χ0n) is 13.4. The summed E-state index contributed by atoms with van der Waals surface area (Å²) in [6.45, 7) is 5.68. The Kier molecular flexibility index (Phi) is 3.82. The van der Waals surface area contributed by atoms with E-state index in [-0.39, 0.29) is 11.7 Å². The van der Waals surface area contributed by atoms with Crippen LogP contribution in [-0.4, -0.2) is 17.4 Å². The Bertz CT molecular complexity index is 809. The number of hydrogen-bond acceptors (Lipinski definition) is 3. The maximum Gasteiger partial charge on any atom is 0.264 e. The second-order valence-electron chi connectivity index (χ2n) is 5.82. The van der Waals surface area contributed by atoms with E-state index in [0.29, 0.717) is 17.0 Å². The molecule has 3 rings (SSSR count). The minimum atomic E-state index is -0.836. The number of rotatable bonds is 3. The molecule has 116 valence electrons. The second-order valence-corrected chi connectivity index (χ2v) is 5.82. The molecule has 0 spiro atoms. The zero-order chi connectivity index (χ0) is 16.6. The van der Waals surface area contributed by atoms with E-state index in [1.807, 2.05) is 44.2 Å². The van der Waals surface area contributed by atoms with E-state index in [4.69, 9.17) is 0 Å². The maximum absolute atomic E-state index is 12.8. The summed E-state index contributed by atoms with van der Waals surface area (Å²) in [4.78, 5) is 25.5. The summed E-state index contributed by atoms with van der Waals surface area (Å²) in [7, 11) is 0. The number of carbonyl (C=O) groups is 2. The minimum absolute atomic E-state index is 0.196. The van der Waals surface area contributed by atoms with E-state index in [9.17, 15) is 9.59 Å². The Hall–Kier alpha value is -2.75. The molecule has 0 aliphatic carbocycles. The van der Waals surface area contributed by atoms with Gasteiger partial charge in [-0.2, -0.15) is 10.1 Å². The molecule has 0 fully saturated rings. The predicted octanol–water partition coefficient (Wildman–Crippen LogP) is 3.53. The van der Waals surface area contributed by atoms with Crippen LogP contribution >= 0.6 is 0 Å². The molecule has 1 atom stereocenters. The van der Waals surface area contributed by atoms with Crippen LogP contribution in [0.15, 0.2) is 53.6 Å². The Balaban J connectivity index is 1.92. The first kappa shape index (κ1) is 15.2. The highest BCUT2D eigenvalue weighted by atomic mass is 16.2. The van der Waals surface area contributed by atoms with Gasteiger partial charge in [0.05, 0.1) is 11.4 Å². The van der Waals surface area contributed by atoms with Gasteiger partial charge in [-0.3, -0.25) is 9.59 Å². The minimum Gasteiger partial charge on any atom is -0.293 e. The van der Waals surface area contributed by atoms with Gasteiger partial charge in [-0.25, -0.2) is 0 Å². The number of benzene rings is 2. The molecule has 1 amide bonds. The van der Waals surface area contributed by atoms with E-state index >= 15 is 0 Å². The first-order valence-corrected chi connectivity index (χ1v) is 7.54. The predicted molar refractivity (Wildman–Crippen MR) is 90.8 cm³/mol. The van der Waals surface area contributed by atoms with Crippen LogP contribution in [0.25, 0.3) is 0 Å². The molecule has 0 radical (unpaired) electrons. The first-order valence-electron chi connectivity index (χ1n) is 7.54. The van der Waals surface area contributed by atoms with E-state index in [2.05, 4.69) is 5.10 Å². The largest absolute Gasteiger partial charge is 0.293 e. The van der Waals surface area contributed by atoms with Crippen molar-refractivity contribution in [3.8, 4) is 0 Å². The number of amides is 1. The fourth-order valence-electron chi connectivity index (χ4n) is 2.68. The maximum atomic E-state index is 12.8. The van der Waals surface area contributed by atoms with Gasteiger partial charge in [0.15, 0.2) is 5.78 Å². The molecule has 0 bridgehead atoms. The van der Waals surface area contributed by atoms with Crippen molar-refractivity contribution >= 4 is 23.1 Å². The molecule has 0 aromatic heterocycles. The fourth-order valence-corrected chi connectivity index (χ4v) is 2.68. The summed E-state index contributed by atoms with van der Waals surface area (Å²) < 4.78 is 0. The number of carbonyl (C=O) groups excluding carboxylic acids is 2. The number of hydrogen-bond donors (Lipinski definition) is 0. The molecule has 2 aromatic carbocycles.